The maximum Gasteiger partial charge on any atom is 0.335 e. The maximum atomic E-state index is 12.7. The van der Waals surface area contributed by atoms with Crippen molar-refractivity contribution in [1.82, 2.24) is 0 Å². The van der Waals surface area contributed by atoms with E-state index in [2.05, 4.69) is 4.40 Å². The number of Topliss-reactive ketones (excluding diaryl/α,β-unsaturated/α-hetero) is 1. The van der Waals surface area contributed by atoms with Gasteiger partial charge in [-0.15, -0.1) is 11.8 Å². The molecule has 1 aliphatic carbocycles. The van der Waals surface area contributed by atoms with Gasteiger partial charge in [0.1, 0.15) is 0 Å². The number of fused-ring (bicyclic) bond motifs is 1. The number of hydrogen-bond donors (Lipinski definition) is 2. The molecule has 0 fully saturated rings. The van der Waals surface area contributed by atoms with Gasteiger partial charge >= 0.3 is 11.9 Å². The highest BCUT2D eigenvalue weighted by Crippen LogP contribution is 2.29. The fourth-order valence-corrected chi connectivity index (χ4v) is 4.29. The summed E-state index contributed by atoms with van der Waals surface area (Å²) in [6, 6.07) is 10.9. The Labute approximate surface area is 169 Å². The van der Waals surface area contributed by atoms with Crippen molar-refractivity contribution in [1.29, 1.82) is 0 Å². The first-order valence-electron chi connectivity index (χ1n) is 8.08. The number of ketones is 1. The lowest BCUT2D eigenvalue weighted by atomic mass is 9.94. The zero-order valence-corrected chi connectivity index (χ0v) is 16.2. The molecule has 3 rings (SSSR count). The highest BCUT2D eigenvalue weighted by Gasteiger charge is 2.26. The maximum absolute atomic E-state index is 12.7. The summed E-state index contributed by atoms with van der Waals surface area (Å²) >= 11 is 0.779. The summed E-state index contributed by atoms with van der Waals surface area (Å²) < 4.78 is 29.2. The number of allylic oxidation sites excluding steroid dienone is 2. The first kappa shape index (κ1) is 20.5. The number of carboxylic acid groups (broad SMARTS) is 2. The van der Waals surface area contributed by atoms with Crippen LogP contribution in [0.5, 0.6) is 0 Å². The van der Waals surface area contributed by atoms with Crippen LogP contribution in [0.4, 0.5) is 0 Å². The van der Waals surface area contributed by atoms with E-state index in [1.807, 2.05) is 0 Å². The fraction of sp³-hybridized carbons (Fsp3) is 0.0526. The van der Waals surface area contributed by atoms with Gasteiger partial charge in [-0.05, 0) is 30.3 Å². The summed E-state index contributed by atoms with van der Waals surface area (Å²) in [6.45, 7) is 0. The van der Waals surface area contributed by atoms with Crippen LogP contribution in [0.15, 0.2) is 68.8 Å². The molecule has 29 heavy (non-hydrogen) atoms. The van der Waals surface area contributed by atoms with Gasteiger partial charge in [-0.3, -0.25) is 9.59 Å². The summed E-state index contributed by atoms with van der Waals surface area (Å²) in [6.07, 6.45) is 1.25. The molecule has 2 aromatic carbocycles. The molecule has 148 valence electrons. The second-order valence-electron chi connectivity index (χ2n) is 5.85. The number of hydrogen-bond acceptors (Lipinski definition) is 6. The number of carbonyl (C=O) groups excluding carboxylic acids is 1. The number of thioether (sulfide) groups is 1. The molecular weight excluding hydrogens is 418 g/mol. The second kappa shape index (κ2) is 8.02. The van der Waals surface area contributed by atoms with E-state index in [0.29, 0.717) is 5.56 Å². The number of nitrogens with zero attached hydrogens (tertiary/aromatic N) is 1. The second-order valence-corrected chi connectivity index (χ2v) is 8.47. The topological polar surface area (TPSA) is 138 Å². The Balaban J connectivity index is 2.07. The van der Waals surface area contributed by atoms with Crippen LogP contribution in [0.25, 0.3) is 0 Å². The van der Waals surface area contributed by atoms with Crippen molar-refractivity contribution in [3.63, 3.8) is 0 Å². The van der Waals surface area contributed by atoms with Gasteiger partial charge in [0.05, 0.1) is 26.8 Å². The lowest BCUT2D eigenvalue weighted by Crippen LogP contribution is -2.18. The minimum atomic E-state index is -4.20. The molecule has 0 saturated heterocycles. The SMILES string of the molecule is O=C(O)CSC1=C/C(=N/S(=O)(=O)c2ccc(C(=O)O)cc2)c2ccccc2C1=O. The zero-order valence-electron chi connectivity index (χ0n) is 14.6. The highest BCUT2D eigenvalue weighted by molar-refractivity contribution is 8.04. The molecular formula is C19H13NO7S2. The average molecular weight is 431 g/mol. The van der Waals surface area contributed by atoms with Crippen molar-refractivity contribution >= 4 is 45.2 Å². The molecule has 2 aromatic rings. The van der Waals surface area contributed by atoms with Crippen LogP contribution in [-0.4, -0.2) is 47.8 Å². The monoisotopic (exact) mass is 431 g/mol. The van der Waals surface area contributed by atoms with E-state index in [0.717, 1.165) is 36.0 Å². The molecule has 0 saturated carbocycles. The van der Waals surface area contributed by atoms with E-state index in [9.17, 15) is 22.8 Å². The Morgan fingerprint density at radius 2 is 1.59 bits per heavy atom. The summed E-state index contributed by atoms with van der Waals surface area (Å²) in [5.41, 5.74) is 0.453. The Morgan fingerprint density at radius 1 is 0.966 bits per heavy atom. The fourth-order valence-electron chi connectivity index (χ4n) is 2.58. The minimum absolute atomic E-state index is 0.00426. The third kappa shape index (κ3) is 4.44. The van der Waals surface area contributed by atoms with Crippen molar-refractivity contribution in [2.75, 3.05) is 5.75 Å². The Morgan fingerprint density at radius 3 is 2.17 bits per heavy atom. The van der Waals surface area contributed by atoms with E-state index < -0.39 is 27.7 Å². The van der Waals surface area contributed by atoms with E-state index in [-0.39, 0.29) is 32.4 Å². The van der Waals surface area contributed by atoms with E-state index in [1.165, 1.54) is 12.1 Å². The summed E-state index contributed by atoms with van der Waals surface area (Å²) in [7, 11) is -4.20. The highest BCUT2D eigenvalue weighted by atomic mass is 32.2. The zero-order chi connectivity index (χ0) is 21.2. The smallest absolute Gasteiger partial charge is 0.335 e. The first-order chi connectivity index (χ1) is 13.7. The Kier molecular flexibility index (Phi) is 5.66. The van der Waals surface area contributed by atoms with E-state index >= 15 is 0 Å². The first-order valence-corrected chi connectivity index (χ1v) is 10.5. The van der Waals surface area contributed by atoms with Gasteiger partial charge < -0.3 is 10.2 Å². The normalized spacial score (nSPS) is 15.0. The van der Waals surface area contributed by atoms with Crippen molar-refractivity contribution in [2.24, 2.45) is 4.40 Å². The molecule has 0 unspecified atom stereocenters. The minimum Gasteiger partial charge on any atom is -0.481 e. The number of benzene rings is 2. The Hall–Kier alpha value is -3.24. The molecule has 0 amide bonds. The number of aliphatic carboxylic acids is 1. The molecule has 0 aliphatic heterocycles. The predicted molar refractivity (Wildman–Crippen MR) is 106 cm³/mol. The van der Waals surface area contributed by atoms with Gasteiger partial charge in [-0.25, -0.2) is 4.79 Å². The quantitative estimate of drug-likeness (QED) is 0.711. The predicted octanol–water partition coefficient (Wildman–Crippen LogP) is 2.46. The lowest BCUT2D eigenvalue weighted by Gasteiger charge is -2.16. The summed E-state index contributed by atoms with van der Waals surface area (Å²) in [5.74, 6) is -3.08. The third-order valence-electron chi connectivity index (χ3n) is 3.91. The van der Waals surface area contributed by atoms with Crippen molar-refractivity contribution < 1.29 is 33.0 Å². The van der Waals surface area contributed by atoms with Crippen molar-refractivity contribution in [3.05, 3.63) is 76.2 Å². The molecule has 2 N–H and O–H groups in total. The molecule has 0 spiro atoms. The Bertz CT molecular complexity index is 1180. The molecule has 8 nitrogen and oxygen atoms in total. The van der Waals surface area contributed by atoms with Gasteiger partial charge in [0.15, 0.2) is 5.78 Å². The van der Waals surface area contributed by atoms with Crippen LogP contribution in [0, 0.1) is 0 Å². The van der Waals surface area contributed by atoms with Gasteiger partial charge in [0.2, 0.25) is 0 Å². The molecule has 1 aliphatic rings. The third-order valence-corrected chi connectivity index (χ3v) is 6.22. The summed E-state index contributed by atoms with van der Waals surface area (Å²) in [4.78, 5) is 34.2. The van der Waals surface area contributed by atoms with Gasteiger partial charge in [0, 0.05) is 11.1 Å². The number of carbonyl (C=O) groups is 3. The largest absolute Gasteiger partial charge is 0.481 e. The number of rotatable bonds is 6. The van der Waals surface area contributed by atoms with Gasteiger partial charge in [-0.2, -0.15) is 12.8 Å². The van der Waals surface area contributed by atoms with Crippen molar-refractivity contribution in [2.45, 2.75) is 4.90 Å². The molecule has 0 radical (unpaired) electrons. The van der Waals surface area contributed by atoms with Crippen LogP contribution in [-0.2, 0) is 14.8 Å². The molecule has 0 bridgehead atoms. The van der Waals surface area contributed by atoms with Crippen molar-refractivity contribution in [3.8, 4) is 0 Å². The van der Waals surface area contributed by atoms with Crippen LogP contribution >= 0.6 is 11.8 Å². The van der Waals surface area contributed by atoms with E-state index in [4.69, 9.17) is 10.2 Å². The number of sulfonamides is 1. The average Bonchev–Trinajstić information content (AvgIpc) is 2.69. The number of carboxylic acids is 2. The molecule has 0 aromatic heterocycles. The van der Waals surface area contributed by atoms with Gasteiger partial charge in [-0.1, -0.05) is 24.3 Å². The molecule has 0 heterocycles. The van der Waals surface area contributed by atoms with Crippen LogP contribution < -0.4 is 0 Å². The van der Waals surface area contributed by atoms with Crippen LogP contribution in [0.1, 0.15) is 26.3 Å². The van der Waals surface area contributed by atoms with E-state index in [1.54, 1.807) is 18.2 Å². The lowest BCUT2D eigenvalue weighted by molar-refractivity contribution is -0.133. The standard InChI is InChI=1S/C19H13NO7S2/c21-17(22)10-28-16-9-15(13-3-1-2-4-14(13)18(16)23)20-29(26,27)12-7-5-11(6-8-12)19(24)25/h1-9H,10H2,(H,21,22)(H,24,25)/b20-15-. The van der Waals surface area contributed by atoms with Gasteiger partial charge in [0.25, 0.3) is 10.0 Å². The van der Waals surface area contributed by atoms with Crippen LogP contribution in [0.3, 0.4) is 0 Å². The molecule has 0 atom stereocenters. The number of aromatic carboxylic acids is 1. The molecule has 10 heteroatoms. The summed E-state index contributed by atoms with van der Waals surface area (Å²) in [5, 5.41) is 17.8. The van der Waals surface area contributed by atoms with Crippen LogP contribution in [0.2, 0.25) is 0 Å².